The normalized spacial score (nSPS) is 19.8. The summed E-state index contributed by atoms with van der Waals surface area (Å²) in [6.45, 7) is 0. The van der Waals surface area contributed by atoms with Crippen molar-refractivity contribution < 1.29 is 0 Å². The molecule has 1 unspecified atom stereocenters. The van der Waals surface area contributed by atoms with E-state index in [9.17, 15) is 0 Å². The molecule has 17 heavy (non-hydrogen) atoms. The highest BCUT2D eigenvalue weighted by atomic mass is 32.2. The summed E-state index contributed by atoms with van der Waals surface area (Å²) in [5, 5.41) is 5.89. The minimum absolute atomic E-state index is 0.338. The minimum Gasteiger partial charge on any atom is -0.374 e. The van der Waals surface area contributed by atoms with E-state index in [4.69, 9.17) is 0 Å². The van der Waals surface area contributed by atoms with Crippen LogP contribution in [0.5, 0.6) is 0 Å². The zero-order chi connectivity index (χ0) is 11.2. The first-order chi connectivity index (χ1) is 8.43. The van der Waals surface area contributed by atoms with Gasteiger partial charge in [0.25, 0.3) is 0 Å². The molecule has 0 saturated carbocycles. The maximum absolute atomic E-state index is 3.61. The average molecular weight is 237 g/mol. The number of hydrogen-bond acceptors (Lipinski definition) is 2. The smallest absolute Gasteiger partial charge is 0.0790 e. The molecule has 1 atom stereocenters. The van der Waals surface area contributed by atoms with Crippen LogP contribution < -0.4 is 5.32 Å². The predicted octanol–water partition coefficient (Wildman–Crippen LogP) is 4.30. The van der Waals surface area contributed by atoms with E-state index in [0.717, 1.165) is 0 Å². The Morgan fingerprint density at radius 1 is 0.941 bits per heavy atom. The molecular weight excluding hydrogens is 226 g/mol. The molecule has 2 aromatic rings. The lowest BCUT2D eigenvalue weighted by Crippen LogP contribution is -2.08. The summed E-state index contributed by atoms with van der Waals surface area (Å²) in [7, 11) is 0. The Morgan fingerprint density at radius 3 is 2.76 bits per heavy atom. The highest BCUT2D eigenvalue weighted by molar-refractivity contribution is 8.02. The second kappa shape index (κ2) is 3.41. The molecule has 0 fully saturated rings. The van der Waals surface area contributed by atoms with E-state index >= 15 is 0 Å². The van der Waals surface area contributed by atoms with Crippen molar-refractivity contribution in [3.05, 3.63) is 65.1 Å². The molecule has 0 spiro atoms. The third-order valence-corrected chi connectivity index (χ3v) is 4.39. The summed E-state index contributed by atoms with van der Waals surface area (Å²) in [6.07, 6.45) is 0. The number of thioether (sulfide) groups is 1. The fourth-order valence-electron chi connectivity index (χ4n) is 2.58. The number of hydrogen-bond donors (Lipinski definition) is 1. The molecule has 0 saturated heterocycles. The van der Waals surface area contributed by atoms with E-state index in [0.29, 0.717) is 6.04 Å². The van der Waals surface area contributed by atoms with Crippen LogP contribution in [0.1, 0.15) is 17.2 Å². The van der Waals surface area contributed by atoms with Crippen LogP contribution >= 0.6 is 11.8 Å². The molecule has 2 aromatic carbocycles. The third kappa shape index (κ3) is 1.28. The largest absolute Gasteiger partial charge is 0.374 e. The first-order valence-corrected chi connectivity index (χ1v) is 6.63. The van der Waals surface area contributed by atoms with Crippen LogP contribution in [0, 0.1) is 0 Å². The van der Waals surface area contributed by atoms with Gasteiger partial charge in [0.05, 0.1) is 6.04 Å². The average Bonchev–Trinajstić information content (AvgIpc) is 2.78. The van der Waals surface area contributed by atoms with Crippen molar-refractivity contribution in [3.8, 4) is 0 Å². The van der Waals surface area contributed by atoms with Crippen LogP contribution in [0.25, 0.3) is 5.57 Å². The van der Waals surface area contributed by atoms with Gasteiger partial charge in [-0.05, 0) is 28.7 Å². The van der Waals surface area contributed by atoms with Crippen LogP contribution in [0.15, 0.2) is 58.8 Å². The van der Waals surface area contributed by atoms with Gasteiger partial charge in [-0.1, -0.05) is 48.2 Å². The molecule has 0 aliphatic carbocycles. The second-order valence-electron chi connectivity index (χ2n) is 4.35. The Bertz CT molecular complexity index is 630. The molecular formula is C15H11NS. The van der Waals surface area contributed by atoms with E-state index in [-0.39, 0.29) is 0 Å². The van der Waals surface area contributed by atoms with E-state index in [1.807, 2.05) is 11.8 Å². The lowest BCUT2D eigenvalue weighted by molar-refractivity contribution is 0.997. The number of anilines is 1. The zero-order valence-electron chi connectivity index (χ0n) is 9.18. The van der Waals surface area contributed by atoms with Crippen molar-refractivity contribution in [2.45, 2.75) is 10.9 Å². The van der Waals surface area contributed by atoms with Gasteiger partial charge in [0, 0.05) is 16.1 Å². The van der Waals surface area contributed by atoms with Crippen molar-refractivity contribution in [2.75, 3.05) is 5.32 Å². The van der Waals surface area contributed by atoms with Crippen LogP contribution in [-0.4, -0.2) is 0 Å². The SMILES string of the molecule is C1=C2c3ccccc3NC2c2ccccc2S1. The van der Waals surface area contributed by atoms with Gasteiger partial charge < -0.3 is 5.32 Å². The highest BCUT2D eigenvalue weighted by Crippen LogP contribution is 2.50. The zero-order valence-corrected chi connectivity index (χ0v) is 10.00. The lowest BCUT2D eigenvalue weighted by Gasteiger charge is -2.21. The van der Waals surface area contributed by atoms with E-state index < -0.39 is 0 Å². The highest BCUT2D eigenvalue weighted by Gasteiger charge is 2.31. The number of benzene rings is 2. The molecule has 2 aliphatic rings. The number of rotatable bonds is 0. The van der Waals surface area contributed by atoms with Gasteiger partial charge in [0.15, 0.2) is 0 Å². The fraction of sp³-hybridized carbons (Fsp3) is 0.0667. The fourth-order valence-corrected chi connectivity index (χ4v) is 3.58. The summed E-state index contributed by atoms with van der Waals surface area (Å²) < 4.78 is 0. The van der Waals surface area contributed by atoms with Crippen molar-refractivity contribution in [1.29, 1.82) is 0 Å². The molecule has 0 radical (unpaired) electrons. The lowest BCUT2D eigenvalue weighted by atomic mass is 9.98. The van der Waals surface area contributed by atoms with Crippen molar-refractivity contribution in [2.24, 2.45) is 0 Å². The maximum Gasteiger partial charge on any atom is 0.0790 e. The predicted molar refractivity (Wildman–Crippen MR) is 73.1 cm³/mol. The van der Waals surface area contributed by atoms with E-state index in [1.54, 1.807) is 0 Å². The first kappa shape index (κ1) is 9.37. The van der Waals surface area contributed by atoms with Crippen molar-refractivity contribution in [3.63, 3.8) is 0 Å². The molecule has 1 nitrogen and oxygen atoms in total. The monoisotopic (exact) mass is 237 g/mol. The summed E-state index contributed by atoms with van der Waals surface area (Å²) in [5.74, 6) is 0. The van der Waals surface area contributed by atoms with Gasteiger partial charge in [-0.25, -0.2) is 0 Å². The van der Waals surface area contributed by atoms with Crippen LogP contribution in [-0.2, 0) is 0 Å². The maximum atomic E-state index is 3.61. The molecule has 1 N–H and O–H groups in total. The number of para-hydroxylation sites is 1. The van der Waals surface area contributed by atoms with Gasteiger partial charge in [-0.15, -0.1) is 0 Å². The van der Waals surface area contributed by atoms with Gasteiger partial charge in [0.1, 0.15) is 0 Å². The molecule has 0 amide bonds. The van der Waals surface area contributed by atoms with Crippen molar-refractivity contribution in [1.82, 2.24) is 0 Å². The van der Waals surface area contributed by atoms with Gasteiger partial charge in [0.2, 0.25) is 0 Å². The van der Waals surface area contributed by atoms with Crippen LogP contribution in [0.3, 0.4) is 0 Å². The van der Waals surface area contributed by atoms with Crippen LogP contribution in [0.4, 0.5) is 5.69 Å². The summed E-state index contributed by atoms with van der Waals surface area (Å²) in [4.78, 5) is 1.36. The van der Waals surface area contributed by atoms with E-state index in [2.05, 4.69) is 59.3 Å². The first-order valence-electron chi connectivity index (χ1n) is 5.75. The minimum atomic E-state index is 0.338. The Labute approximate surface area is 105 Å². The molecule has 82 valence electrons. The molecule has 0 bridgehead atoms. The van der Waals surface area contributed by atoms with Gasteiger partial charge in [-0.3, -0.25) is 0 Å². The van der Waals surface area contributed by atoms with Gasteiger partial charge >= 0.3 is 0 Å². The molecule has 0 aromatic heterocycles. The Balaban J connectivity index is 1.91. The summed E-state index contributed by atoms with van der Waals surface area (Å²) in [5.41, 5.74) is 5.40. The van der Waals surface area contributed by atoms with Crippen LogP contribution in [0.2, 0.25) is 0 Å². The second-order valence-corrected chi connectivity index (χ2v) is 5.26. The number of nitrogens with one attached hydrogen (secondary N) is 1. The van der Waals surface area contributed by atoms with Gasteiger partial charge in [-0.2, -0.15) is 0 Å². The summed E-state index contributed by atoms with van der Waals surface area (Å²) in [6, 6.07) is 17.5. The number of fused-ring (bicyclic) bond motifs is 5. The summed E-state index contributed by atoms with van der Waals surface area (Å²) >= 11 is 1.83. The Hall–Kier alpha value is -1.67. The molecule has 2 heterocycles. The molecule has 4 rings (SSSR count). The van der Waals surface area contributed by atoms with E-state index in [1.165, 1.54) is 27.3 Å². The topological polar surface area (TPSA) is 12.0 Å². The van der Waals surface area contributed by atoms with Crippen molar-refractivity contribution >= 4 is 23.0 Å². The standard InChI is InChI=1S/C15H11NS/c1-3-7-13-10(5-1)12-9-17-14-8-4-2-6-11(14)15(12)16-13/h1-9,15-16H. The Kier molecular flexibility index (Phi) is 1.88. The third-order valence-electron chi connectivity index (χ3n) is 3.39. The molecule has 2 heteroatoms. The molecule has 2 aliphatic heterocycles. The Morgan fingerprint density at radius 2 is 1.76 bits per heavy atom. The quantitative estimate of drug-likeness (QED) is 0.733.